The summed E-state index contributed by atoms with van der Waals surface area (Å²) in [5, 5.41) is 30.9. The third-order valence-corrected chi connectivity index (χ3v) is 3.25. The number of nitrogens with zero attached hydrogens (tertiary/aromatic N) is 4. The molecule has 1 aromatic rings. The molecule has 4 atom stereocenters. The van der Waals surface area contributed by atoms with Gasteiger partial charge >= 0.3 is 0 Å². The van der Waals surface area contributed by atoms with Crippen LogP contribution < -0.4 is 11.1 Å². The number of aliphatic imine (C=N–C) groups is 1. The second-order valence-electron chi connectivity index (χ2n) is 4.34. The summed E-state index contributed by atoms with van der Waals surface area (Å²) in [5.41, 5.74) is 5.74. The van der Waals surface area contributed by atoms with E-state index < -0.39 is 31.0 Å². The molecular weight excluding hydrogens is 252 g/mol. The lowest BCUT2D eigenvalue weighted by molar-refractivity contribution is 0.0208. The van der Waals surface area contributed by atoms with E-state index in [1.807, 2.05) is 6.07 Å². The normalized spacial score (nSPS) is 29.3. The molecule has 0 saturated carbocycles. The third kappa shape index (κ3) is 1.61. The Balaban J connectivity index is 2.05. The minimum absolute atomic E-state index is 0.00648. The van der Waals surface area contributed by atoms with Crippen LogP contribution in [0.25, 0.3) is 0 Å². The summed E-state index contributed by atoms with van der Waals surface area (Å²) in [6.07, 6.45) is -0.665. The molecule has 3 heterocycles. The zero-order valence-corrected chi connectivity index (χ0v) is 9.76. The number of aromatic nitrogens is 2. The first-order valence-electron chi connectivity index (χ1n) is 5.68. The number of aliphatic hydroxyl groups is 2. The Bertz CT molecular complexity index is 576. The predicted molar refractivity (Wildman–Crippen MR) is 63.0 cm³/mol. The maximum atomic E-state index is 9.85. The molecule has 1 aromatic heterocycles. The van der Waals surface area contributed by atoms with E-state index >= 15 is 0 Å². The van der Waals surface area contributed by atoms with E-state index in [4.69, 9.17) is 20.8 Å². The molecule has 0 spiro atoms. The summed E-state index contributed by atoms with van der Waals surface area (Å²) >= 11 is 0. The van der Waals surface area contributed by atoms with Crippen LogP contribution in [0.15, 0.2) is 11.3 Å². The van der Waals surface area contributed by atoms with Crippen molar-refractivity contribution in [2.75, 3.05) is 11.9 Å². The molecule has 2 aliphatic heterocycles. The summed E-state index contributed by atoms with van der Waals surface area (Å²) in [6.45, 7) is -0.444. The van der Waals surface area contributed by atoms with E-state index in [1.165, 1.54) is 6.33 Å². The highest BCUT2D eigenvalue weighted by Crippen LogP contribution is 2.36. The number of fused-ring (bicyclic) bond motifs is 3. The Morgan fingerprint density at radius 1 is 1.68 bits per heavy atom. The van der Waals surface area contributed by atoms with Crippen LogP contribution in [0.5, 0.6) is 0 Å². The van der Waals surface area contributed by atoms with E-state index in [0.29, 0.717) is 5.82 Å². The monoisotopic (exact) mass is 264 g/mol. The quantitative estimate of drug-likeness (QED) is 0.489. The largest absolute Gasteiger partial charge is 0.455 e. The molecule has 0 amide bonds. The van der Waals surface area contributed by atoms with Crippen molar-refractivity contribution in [2.45, 2.75) is 24.4 Å². The number of hydrogen-bond acceptors (Lipinski definition) is 8. The highest BCUT2D eigenvalue weighted by molar-refractivity contribution is 5.74. The van der Waals surface area contributed by atoms with E-state index in [1.54, 1.807) is 4.57 Å². The van der Waals surface area contributed by atoms with Crippen LogP contribution in [-0.4, -0.2) is 50.6 Å². The number of nitrogens with two attached hydrogens (primary N) is 1. The van der Waals surface area contributed by atoms with Gasteiger partial charge in [0, 0.05) is 0 Å². The van der Waals surface area contributed by atoms with Crippen molar-refractivity contribution in [3.8, 4) is 6.07 Å². The summed E-state index contributed by atoms with van der Waals surface area (Å²) < 4.78 is 6.99. The topological polar surface area (TPSA) is 142 Å². The number of nitrogens with one attached hydrogen (secondary N) is 1. The van der Waals surface area contributed by atoms with Crippen LogP contribution in [-0.2, 0) is 4.74 Å². The van der Waals surface area contributed by atoms with Crippen molar-refractivity contribution in [2.24, 2.45) is 10.7 Å². The van der Waals surface area contributed by atoms with Crippen molar-refractivity contribution < 1.29 is 14.9 Å². The molecule has 2 aliphatic rings. The van der Waals surface area contributed by atoms with Crippen molar-refractivity contribution in [1.29, 1.82) is 5.26 Å². The number of nitriles is 1. The Labute approximate surface area is 107 Å². The van der Waals surface area contributed by atoms with Crippen molar-refractivity contribution in [1.82, 2.24) is 9.55 Å². The average Bonchev–Trinajstić information content (AvgIpc) is 2.98. The molecule has 0 radical (unpaired) electrons. The zero-order chi connectivity index (χ0) is 13.6. The first-order valence-corrected chi connectivity index (χ1v) is 5.68. The fraction of sp³-hybridized carbons (Fsp3) is 0.500. The van der Waals surface area contributed by atoms with Gasteiger partial charge in [-0.1, -0.05) is 0 Å². The van der Waals surface area contributed by atoms with Gasteiger partial charge in [-0.15, -0.1) is 0 Å². The number of hydrogen-bond donors (Lipinski definition) is 4. The summed E-state index contributed by atoms with van der Waals surface area (Å²) in [6, 6.07) is 1.32. The molecular formula is C10H12N6O3. The van der Waals surface area contributed by atoms with E-state index in [9.17, 15) is 5.11 Å². The number of imidazole rings is 1. The number of amidine groups is 1. The van der Waals surface area contributed by atoms with E-state index in [-0.39, 0.29) is 11.7 Å². The van der Waals surface area contributed by atoms with E-state index in [0.717, 1.165) is 0 Å². The van der Waals surface area contributed by atoms with E-state index in [2.05, 4.69) is 15.3 Å². The van der Waals surface area contributed by atoms with Gasteiger partial charge in [-0.25, -0.2) is 9.98 Å². The minimum atomic E-state index is -1.07. The van der Waals surface area contributed by atoms with Gasteiger partial charge in [0.25, 0.3) is 6.02 Å². The van der Waals surface area contributed by atoms with Gasteiger partial charge in [0.2, 0.25) is 0 Å². The molecule has 100 valence electrons. The van der Waals surface area contributed by atoms with Crippen LogP contribution >= 0.6 is 0 Å². The number of ether oxygens (including phenoxy) is 1. The van der Waals surface area contributed by atoms with Crippen LogP contribution in [0.1, 0.15) is 11.9 Å². The van der Waals surface area contributed by atoms with Gasteiger partial charge < -0.3 is 26.0 Å². The summed E-state index contributed by atoms with van der Waals surface area (Å²) in [4.78, 5) is 8.07. The van der Waals surface area contributed by atoms with Gasteiger partial charge in [0.15, 0.2) is 18.0 Å². The maximum Gasteiger partial charge on any atom is 0.284 e. The Morgan fingerprint density at radius 2 is 2.47 bits per heavy atom. The van der Waals surface area contributed by atoms with Crippen molar-refractivity contribution in [3.63, 3.8) is 0 Å². The van der Waals surface area contributed by atoms with Crippen molar-refractivity contribution in [3.05, 3.63) is 12.0 Å². The highest BCUT2D eigenvalue weighted by atomic mass is 16.5. The molecule has 19 heavy (non-hydrogen) atoms. The lowest BCUT2D eigenvalue weighted by Gasteiger charge is -2.36. The number of rotatable bonds is 2. The molecule has 0 aromatic carbocycles. The number of aliphatic hydroxyl groups excluding tert-OH is 2. The zero-order valence-electron chi connectivity index (χ0n) is 9.76. The summed E-state index contributed by atoms with van der Waals surface area (Å²) in [5.74, 6) is 0.434. The Kier molecular flexibility index (Phi) is 2.55. The molecule has 0 unspecified atom stereocenters. The van der Waals surface area contributed by atoms with Gasteiger partial charge in [-0.3, -0.25) is 4.57 Å². The second-order valence-corrected chi connectivity index (χ2v) is 4.34. The standard InChI is InChI=1S/C10H12N6O3/c11-1-4-8-14-6(5(18)2-17)7-9(15-10(12)19-7)16(8)3-13-4/h3,5-7,9,14,17-18H,2H2,(H2,12,15)/t5-,6-,7-,9+/m1/s1. The maximum absolute atomic E-state index is 9.85. The molecule has 3 rings (SSSR count). The molecule has 0 bridgehead atoms. The van der Waals surface area contributed by atoms with Gasteiger partial charge in [-0.2, -0.15) is 5.26 Å². The Hall–Kier alpha value is -2.31. The van der Waals surface area contributed by atoms with Crippen LogP contribution in [0, 0.1) is 11.3 Å². The SMILES string of the molecule is N#Cc1ncn2c1N[C@H]([C@H](O)CO)[C@H]1OC(N)=N[C@H]12. The average molecular weight is 264 g/mol. The first-order chi connectivity index (χ1) is 9.15. The predicted octanol–water partition coefficient (Wildman–Crippen LogP) is -1.89. The van der Waals surface area contributed by atoms with Crippen LogP contribution in [0.4, 0.5) is 5.82 Å². The smallest absolute Gasteiger partial charge is 0.284 e. The van der Waals surface area contributed by atoms with Crippen LogP contribution in [0.3, 0.4) is 0 Å². The van der Waals surface area contributed by atoms with Crippen molar-refractivity contribution >= 4 is 11.8 Å². The van der Waals surface area contributed by atoms with Gasteiger partial charge in [0.1, 0.15) is 18.0 Å². The lowest BCUT2D eigenvalue weighted by Crippen LogP contribution is -2.52. The van der Waals surface area contributed by atoms with Gasteiger partial charge in [-0.05, 0) is 0 Å². The fourth-order valence-corrected chi connectivity index (χ4v) is 2.37. The lowest BCUT2D eigenvalue weighted by atomic mass is 10.0. The third-order valence-electron chi connectivity index (χ3n) is 3.25. The molecule has 5 N–H and O–H groups in total. The van der Waals surface area contributed by atoms with Crippen LogP contribution in [0.2, 0.25) is 0 Å². The fourth-order valence-electron chi connectivity index (χ4n) is 2.37. The summed E-state index contributed by atoms with van der Waals surface area (Å²) in [7, 11) is 0. The van der Waals surface area contributed by atoms with Gasteiger partial charge in [0.05, 0.1) is 19.0 Å². The minimum Gasteiger partial charge on any atom is -0.455 e. The highest BCUT2D eigenvalue weighted by Gasteiger charge is 2.46. The molecule has 9 nitrogen and oxygen atoms in total. The molecule has 9 heteroatoms. The first kappa shape index (κ1) is 11.8. The molecule has 0 saturated heterocycles. The second kappa shape index (κ2) is 4.11. The Morgan fingerprint density at radius 3 is 3.16 bits per heavy atom. The molecule has 0 aliphatic carbocycles. The molecule has 0 fully saturated rings. The number of anilines is 1.